The molecule has 1 heterocycles. The molecule has 2 N–H and O–H groups in total. The first-order valence-electron chi connectivity index (χ1n) is 11.3. The molecule has 1 aliphatic rings. The summed E-state index contributed by atoms with van der Waals surface area (Å²) in [6.07, 6.45) is 0. The van der Waals surface area contributed by atoms with Gasteiger partial charge in [0.1, 0.15) is 0 Å². The molecule has 0 aromatic heterocycles. The molecule has 0 saturated heterocycles. The maximum absolute atomic E-state index is 12.7. The molecule has 0 unspecified atom stereocenters. The molecule has 0 radical (unpaired) electrons. The molecule has 2 amide bonds. The quantitative estimate of drug-likeness (QED) is 0.503. The summed E-state index contributed by atoms with van der Waals surface area (Å²) in [6, 6.07) is 24.0. The Morgan fingerprint density at radius 2 is 1.53 bits per heavy atom. The summed E-state index contributed by atoms with van der Waals surface area (Å²) in [7, 11) is 5.54. The first-order chi connectivity index (χ1) is 16.3. The third-order valence-corrected chi connectivity index (χ3v) is 5.83. The molecular formula is C28H30N4O2. The Morgan fingerprint density at radius 3 is 2.18 bits per heavy atom. The van der Waals surface area contributed by atoms with Crippen molar-refractivity contribution in [3.63, 3.8) is 0 Å². The number of allylic oxidation sites excluding steroid dienone is 1. The minimum Gasteiger partial charge on any atom is -0.358 e. The van der Waals surface area contributed by atoms with Crippen LogP contribution < -0.4 is 10.6 Å². The first-order valence-corrected chi connectivity index (χ1v) is 11.3. The second-order valence-corrected chi connectivity index (χ2v) is 8.89. The highest BCUT2D eigenvalue weighted by Crippen LogP contribution is 2.35. The van der Waals surface area contributed by atoms with E-state index in [1.807, 2.05) is 25.1 Å². The number of hydrogen-bond acceptors (Lipinski definition) is 4. The average molecular weight is 455 g/mol. The van der Waals surface area contributed by atoms with E-state index < -0.39 is 0 Å². The molecule has 0 saturated carbocycles. The predicted octanol–water partition coefficient (Wildman–Crippen LogP) is 4.82. The van der Waals surface area contributed by atoms with Gasteiger partial charge in [-0.3, -0.25) is 14.5 Å². The minimum atomic E-state index is -0.173. The van der Waals surface area contributed by atoms with Crippen LogP contribution in [0.2, 0.25) is 0 Å². The van der Waals surface area contributed by atoms with Gasteiger partial charge in [0.05, 0.1) is 5.57 Å². The van der Waals surface area contributed by atoms with Crippen molar-refractivity contribution in [1.29, 1.82) is 0 Å². The Kier molecular flexibility index (Phi) is 6.80. The smallest absolute Gasteiger partial charge is 0.258 e. The van der Waals surface area contributed by atoms with E-state index in [9.17, 15) is 9.59 Å². The Balaban J connectivity index is 1.48. The van der Waals surface area contributed by atoms with Crippen LogP contribution in [0.1, 0.15) is 34.0 Å². The monoisotopic (exact) mass is 454 g/mol. The number of amides is 2. The molecule has 0 aliphatic carbocycles. The third kappa shape index (κ3) is 5.18. The Hall–Kier alpha value is -3.90. The molecule has 6 nitrogen and oxygen atoms in total. The summed E-state index contributed by atoms with van der Waals surface area (Å²) < 4.78 is 0. The van der Waals surface area contributed by atoms with E-state index in [0.29, 0.717) is 16.8 Å². The van der Waals surface area contributed by atoms with E-state index in [1.165, 1.54) is 16.0 Å². The van der Waals surface area contributed by atoms with Crippen LogP contribution in [0.4, 0.5) is 11.4 Å². The van der Waals surface area contributed by atoms with Crippen molar-refractivity contribution >= 4 is 28.8 Å². The van der Waals surface area contributed by atoms with Crippen LogP contribution in [0, 0.1) is 0 Å². The average Bonchev–Trinajstić information content (AvgIpc) is 3.15. The van der Waals surface area contributed by atoms with Crippen molar-refractivity contribution in [3.8, 4) is 0 Å². The van der Waals surface area contributed by atoms with Crippen LogP contribution in [0.15, 0.2) is 78.5 Å². The summed E-state index contributed by atoms with van der Waals surface area (Å²) in [4.78, 5) is 28.9. The van der Waals surface area contributed by atoms with E-state index in [2.05, 4.69) is 59.0 Å². The van der Waals surface area contributed by atoms with Crippen LogP contribution in [0.5, 0.6) is 0 Å². The molecule has 6 heteroatoms. The van der Waals surface area contributed by atoms with Crippen LogP contribution >= 0.6 is 0 Å². The van der Waals surface area contributed by atoms with Crippen LogP contribution in [0.3, 0.4) is 0 Å². The number of anilines is 2. The molecular weight excluding hydrogens is 424 g/mol. The zero-order chi connectivity index (χ0) is 24.2. The summed E-state index contributed by atoms with van der Waals surface area (Å²) >= 11 is 0. The van der Waals surface area contributed by atoms with Crippen molar-refractivity contribution in [2.75, 3.05) is 31.8 Å². The highest BCUT2D eigenvalue weighted by atomic mass is 16.2. The molecule has 0 spiro atoms. The molecule has 3 aromatic carbocycles. The van der Waals surface area contributed by atoms with Crippen molar-refractivity contribution in [3.05, 3.63) is 101 Å². The second kappa shape index (κ2) is 9.93. The van der Waals surface area contributed by atoms with E-state index in [4.69, 9.17) is 0 Å². The maximum atomic E-state index is 12.7. The van der Waals surface area contributed by atoms with Gasteiger partial charge in [0.25, 0.3) is 11.8 Å². The summed E-state index contributed by atoms with van der Waals surface area (Å²) in [6.45, 7) is 3.61. The fourth-order valence-electron chi connectivity index (χ4n) is 4.17. The maximum Gasteiger partial charge on any atom is 0.258 e. The van der Waals surface area contributed by atoms with Crippen molar-refractivity contribution < 1.29 is 9.59 Å². The van der Waals surface area contributed by atoms with Crippen LogP contribution in [-0.2, 0) is 17.9 Å². The number of carbonyl (C=O) groups is 2. The summed E-state index contributed by atoms with van der Waals surface area (Å²) in [5, 5.41) is 6.25. The summed E-state index contributed by atoms with van der Waals surface area (Å²) in [5.74, 6) is -0.270. The lowest BCUT2D eigenvalue weighted by Gasteiger charge is -2.17. The lowest BCUT2D eigenvalue weighted by molar-refractivity contribution is -0.110. The van der Waals surface area contributed by atoms with Crippen molar-refractivity contribution in [2.24, 2.45) is 0 Å². The van der Waals surface area contributed by atoms with E-state index in [1.54, 1.807) is 32.3 Å². The summed E-state index contributed by atoms with van der Waals surface area (Å²) in [5.41, 5.74) is 6.70. The zero-order valence-electron chi connectivity index (χ0n) is 20.1. The lowest BCUT2D eigenvalue weighted by Crippen LogP contribution is -2.21. The molecule has 4 rings (SSSR count). The number of fused-ring (bicyclic) bond motifs is 1. The first kappa shape index (κ1) is 23.3. The van der Waals surface area contributed by atoms with Gasteiger partial charge in [-0.05, 0) is 55.4 Å². The number of nitrogens with zero attached hydrogens (tertiary/aromatic N) is 2. The Labute approximate surface area is 200 Å². The molecule has 34 heavy (non-hydrogen) atoms. The SMILES string of the molecule is CC(Nc1ccc(CN(C)Cc2ccccc2)cc1)=C1C(=O)Nc2ccc(C(=O)N(C)C)cc21. The third-order valence-electron chi connectivity index (χ3n) is 5.83. The van der Waals surface area contributed by atoms with Crippen LogP contribution in [0.25, 0.3) is 5.57 Å². The zero-order valence-corrected chi connectivity index (χ0v) is 20.1. The molecule has 1 aliphatic heterocycles. The van der Waals surface area contributed by atoms with Gasteiger partial charge in [-0.15, -0.1) is 0 Å². The highest BCUT2D eigenvalue weighted by Gasteiger charge is 2.27. The van der Waals surface area contributed by atoms with Gasteiger partial charge < -0.3 is 15.5 Å². The molecule has 0 bridgehead atoms. The number of carbonyl (C=O) groups excluding carboxylic acids is 2. The minimum absolute atomic E-state index is 0.0973. The largest absolute Gasteiger partial charge is 0.358 e. The van der Waals surface area contributed by atoms with Gasteiger partial charge in [-0.2, -0.15) is 0 Å². The fourth-order valence-corrected chi connectivity index (χ4v) is 4.17. The number of hydrogen-bond donors (Lipinski definition) is 2. The topological polar surface area (TPSA) is 64.7 Å². The molecule has 0 atom stereocenters. The van der Waals surface area contributed by atoms with E-state index in [-0.39, 0.29) is 11.8 Å². The normalized spacial score (nSPS) is 14.0. The van der Waals surface area contributed by atoms with Gasteiger partial charge in [0.15, 0.2) is 0 Å². The number of rotatable bonds is 7. The highest BCUT2D eigenvalue weighted by molar-refractivity contribution is 6.32. The van der Waals surface area contributed by atoms with E-state index >= 15 is 0 Å². The van der Waals surface area contributed by atoms with Gasteiger partial charge in [-0.1, -0.05) is 42.5 Å². The van der Waals surface area contributed by atoms with Crippen molar-refractivity contribution in [2.45, 2.75) is 20.0 Å². The van der Waals surface area contributed by atoms with Gasteiger partial charge in [-0.25, -0.2) is 0 Å². The fraction of sp³-hybridized carbons (Fsp3) is 0.214. The van der Waals surface area contributed by atoms with Crippen molar-refractivity contribution in [1.82, 2.24) is 9.80 Å². The lowest BCUT2D eigenvalue weighted by atomic mass is 10.0. The van der Waals surface area contributed by atoms with E-state index in [0.717, 1.165) is 30.0 Å². The predicted molar refractivity (Wildman–Crippen MR) is 137 cm³/mol. The molecule has 174 valence electrons. The number of nitrogens with one attached hydrogen (secondary N) is 2. The molecule has 0 fully saturated rings. The molecule has 3 aromatic rings. The van der Waals surface area contributed by atoms with Crippen LogP contribution in [-0.4, -0.2) is 42.8 Å². The standard InChI is InChI=1S/C28H30N4O2/c1-19(26-24-16-22(28(34)31(2)3)12-15-25(24)30-27(26)33)29-23-13-10-21(11-14-23)18-32(4)17-20-8-6-5-7-9-20/h5-16,29H,17-18H2,1-4H3,(H,30,33). The van der Waals surface area contributed by atoms with Gasteiger partial charge in [0, 0.05) is 55.4 Å². The Bertz CT molecular complexity index is 1230. The second-order valence-electron chi connectivity index (χ2n) is 8.89. The van der Waals surface area contributed by atoms with Gasteiger partial charge >= 0.3 is 0 Å². The Morgan fingerprint density at radius 1 is 0.882 bits per heavy atom. The number of benzene rings is 3. The van der Waals surface area contributed by atoms with Gasteiger partial charge in [0.2, 0.25) is 0 Å².